The molecule has 0 aliphatic carbocycles. The Bertz CT molecular complexity index is 746. The van der Waals surface area contributed by atoms with Crippen LogP contribution in [0.3, 0.4) is 0 Å². The Kier molecular flexibility index (Phi) is 3.07. The van der Waals surface area contributed by atoms with Gasteiger partial charge in [-0.1, -0.05) is 18.2 Å². The van der Waals surface area contributed by atoms with Crippen LogP contribution in [0.1, 0.15) is 5.56 Å². The lowest BCUT2D eigenvalue weighted by atomic mass is 10.2. The number of nitrogens with two attached hydrogens (primary N) is 1. The van der Waals surface area contributed by atoms with Crippen LogP contribution in [0.15, 0.2) is 47.5 Å². The van der Waals surface area contributed by atoms with Gasteiger partial charge in [0.1, 0.15) is 4.90 Å². The van der Waals surface area contributed by atoms with Crippen LogP contribution in [0, 0.1) is 0 Å². The number of pyridine rings is 1. The highest BCUT2D eigenvalue weighted by molar-refractivity contribution is 7.93. The second-order valence-corrected chi connectivity index (χ2v) is 6.28. The topological polar surface area (TPSA) is 88.3 Å². The number of rotatable bonds is 3. The minimum Gasteiger partial charge on any atom is -0.307 e. The van der Waals surface area contributed by atoms with Crippen LogP contribution >= 0.6 is 0 Å². The Morgan fingerprint density at radius 3 is 2.80 bits per heavy atom. The van der Waals surface area contributed by atoms with E-state index in [-0.39, 0.29) is 10.7 Å². The van der Waals surface area contributed by atoms with Gasteiger partial charge in [-0.2, -0.15) is 0 Å². The molecule has 1 aromatic carbocycles. The molecule has 104 valence electrons. The molecule has 0 saturated heterocycles. The summed E-state index contributed by atoms with van der Waals surface area (Å²) < 4.78 is 26.9. The van der Waals surface area contributed by atoms with Crippen molar-refractivity contribution in [3.8, 4) is 0 Å². The van der Waals surface area contributed by atoms with Gasteiger partial charge in [0.15, 0.2) is 5.82 Å². The van der Waals surface area contributed by atoms with Crippen LogP contribution < -0.4 is 15.6 Å². The number of fused-ring (bicyclic) bond motifs is 1. The molecule has 0 atom stereocenters. The third-order valence-electron chi connectivity index (χ3n) is 3.32. The average molecular weight is 290 g/mol. The first kappa shape index (κ1) is 12.9. The summed E-state index contributed by atoms with van der Waals surface area (Å²) in [6.45, 7) is 0.431. The monoisotopic (exact) mass is 290 g/mol. The van der Waals surface area contributed by atoms with Crippen molar-refractivity contribution in [1.29, 1.82) is 0 Å². The maximum absolute atomic E-state index is 12.8. The lowest BCUT2D eigenvalue weighted by Gasteiger charge is -2.20. The highest BCUT2D eigenvalue weighted by Gasteiger charge is 2.32. The van der Waals surface area contributed by atoms with Crippen molar-refractivity contribution in [3.05, 3.63) is 48.2 Å². The summed E-state index contributed by atoms with van der Waals surface area (Å²) in [6, 6.07) is 10.6. The van der Waals surface area contributed by atoms with Crippen LogP contribution in [0.4, 0.5) is 11.5 Å². The number of hydrazine groups is 1. The van der Waals surface area contributed by atoms with Crippen molar-refractivity contribution >= 4 is 21.5 Å². The van der Waals surface area contributed by atoms with Crippen LogP contribution in [0.2, 0.25) is 0 Å². The van der Waals surface area contributed by atoms with Gasteiger partial charge >= 0.3 is 0 Å². The maximum atomic E-state index is 12.8. The van der Waals surface area contributed by atoms with Crippen LogP contribution in [0.25, 0.3) is 0 Å². The van der Waals surface area contributed by atoms with Crippen molar-refractivity contribution in [3.63, 3.8) is 0 Å². The zero-order valence-electron chi connectivity index (χ0n) is 10.7. The lowest BCUT2D eigenvalue weighted by Crippen LogP contribution is -2.30. The summed E-state index contributed by atoms with van der Waals surface area (Å²) in [5, 5.41) is 0. The van der Waals surface area contributed by atoms with Crippen LogP contribution in [-0.2, 0) is 16.4 Å². The standard InChI is InChI=1S/C13H14N4O2S/c14-16-13-12(6-3-8-15-13)20(18,19)17-9-7-10-4-1-2-5-11(10)17/h1-6,8H,7,9,14H2,(H,15,16). The number of hydrogen-bond acceptors (Lipinski definition) is 5. The summed E-state index contributed by atoms with van der Waals surface area (Å²) in [5.41, 5.74) is 4.08. The molecule has 0 bridgehead atoms. The molecule has 20 heavy (non-hydrogen) atoms. The van der Waals surface area contributed by atoms with E-state index in [1.165, 1.54) is 16.6 Å². The van der Waals surface area contributed by atoms with Gasteiger partial charge in [0.05, 0.1) is 5.69 Å². The lowest BCUT2D eigenvalue weighted by molar-refractivity contribution is 0.592. The molecule has 1 aliphatic rings. The zero-order valence-corrected chi connectivity index (χ0v) is 11.5. The third-order valence-corrected chi connectivity index (χ3v) is 5.16. The molecule has 6 nitrogen and oxygen atoms in total. The number of aromatic nitrogens is 1. The molecular formula is C13H14N4O2S. The molecular weight excluding hydrogens is 276 g/mol. The van der Waals surface area contributed by atoms with Crippen molar-refractivity contribution in [2.75, 3.05) is 16.3 Å². The molecule has 0 amide bonds. The van der Waals surface area contributed by atoms with Gasteiger partial charge in [-0.05, 0) is 30.2 Å². The van der Waals surface area contributed by atoms with E-state index >= 15 is 0 Å². The van der Waals surface area contributed by atoms with Gasteiger partial charge < -0.3 is 5.43 Å². The van der Waals surface area contributed by atoms with E-state index in [9.17, 15) is 8.42 Å². The Morgan fingerprint density at radius 1 is 1.20 bits per heavy atom. The second-order valence-electron chi connectivity index (χ2n) is 4.45. The fourth-order valence-corrected chi connectivity index (χ4v) is 4.00. The Labute approximate surface area is 117 Å². The molecule has 2 heterocycles. The third kappa shape index (κ3) is 1.91. The smallest absolute Gasteiger partial charge is 0.268 e. The number of nitrogens with one attached hydrogen (secondary N) is 1. The van der Waals surface area contributed by atoms with E-state index < -0.39 is 10.0 Å². The van der Waals surface area contributed by atoms with E-state index in [0.717, 1.165) is 11.3 Å². The fraction of sp³-hybridized carbons (Fsp3) is 0.154. The maximum Gasteiger partial charge on any atom is 0.268 e. The van der Waals surface area contributed by atoms with Crippen molar-refractivity contribution in [2.24, 2.45) is 5.84 Å². The molecule has 2 aromatic rings. The Hall–Kier alpha value is -2.12. The van der Waals surface area contributed by atoms with Crippen LogP contribution in [0.5, 0.6) is 0 Å². The van der Waals surface area contributed by atoms with Gasteiger partial charge in [-0.3, -0.25) is 4.31 Å². The molecule has 1 aromatic heterocycles. The number of para-hydroxylation sites is 1. The molecule has 3 rings (SSSR count). The van der Waals surface area contributed by atoms with Crippen LogP contribution in [-0.4, -0.2) is 19.9 Å². The molecule has 7 heteroatoms. The van der Waals surface area contributed by atoms with Gasteiger partial charge in [-0.25, -0.2) is 19.2 Å². The molecule has 0 spiro atoms. The summed E-state index contributed by atoms with van der Waals surface area (Å²) in [5.74, 6) is 5.50. The summed E-state index contributed by atoms with van der Waals surface area (Å²) in [7, 11) is -3.67. The van der Waals surface area contributed by atoms with Gasteiger partial charge in [-0.15, -0.1) is 0 Å². The van der Waals surface area contributed by atoms with Gasteiger partial charge in [0.2, 0.25) is 0 Å². The SMILES string of the molecule is NNc1ncccc1S(=O)(=O)N1CCc2ccccc21. The van der Waals surface area contributed by atoms with E-state index in [1.807, 2.05) is 24.3 Å². The summed E-state index contributed by atoms with van der Waals surface area (Å²) in [6.07, 6.45) is 2.20. The number of anilines is 2. The molecule has 3 N–H and O–H groups in total. The van der Waals surface area contributed by atoms with Gasteiger partial charge in [0, 0.05) is 12.7 Å². The molecule has 0 unspecified atom stereocenters. The molecule has 1 aliphatic heterocycles. The van der Waals surface area contributed by atoms with E-state index in [1.54, 1.807) is 6.07 Å². The predicted molar refractivity (Wildman–Crippen MR) is 76.7 cm³/mol. The first-order valence-electron chi connectivity index (χ1n) is 6.17. The second kappa shape index (κ2) is 4.77. The highest BCUT2D eigenvalue weighted by atomic mass is 32.2. The highest BCUT2D eigenvalue weighted by Crippen LogP contribution is 2.33. The van der Waals surface area contributed by atoms with E-state index in [2.05, 4.69) is 10.4 Å². The largest absolute Gasteiger partial charge is 0.307 e. The number of nitrogens with zero attached hydrogens (tertiary/aromatic N) is 2. The predicted octanol–water partition coefficient (Wildman–Crippen LogP) is 1.12. The number of nitrogen functional groups attached to an aromatic ring is 1. The van der Waals surface area contributed by atoms with E-state index in [4.69, 9.17) is 5.84 Å². The first-order valence-corrected chi connectivity index (χ1v) is 7.61. The van der Waals surface area contributed by atoms with E-state index in [0.29, 0.717) is 13.0 Å². The van der Waals surface area contributed by atoms with Gasteiger partial charge in [0.25, 0.3) is 10.0 Å². The number of benzene rings is 1. The molecule has 0 radical (unpaired) electrons. The molecule has 0 fully saturated rings. The number of hydrogen-bond donors (Lipinski definition) is 2. The first-order chi connectivity index (χ1) is 9.64. The quantitative estimate of drug-likeness (QED) is 0.653. The normalized spacial score (nSPS) is 14.2. The Morgan fingerprint density at radius 2 is 2.00 bits per heavy atom. The van der Waals surface area contributed by atoms with Crippen molar-refractivity contribution in [1.82, 2.24) is 4.98 Å². The minimum atomic E-state index is -3.67. The summed E-state index contributed by atoms with van der Waals surface area (Å²) >= 11 is 0. The Balaban J connectivity index is 2.10. The fourth-order valence-electron chi connectivity index (χ4n) is 2.38. The molecule has 0 saturated carbocycles. The summed E-state index contributed by atoms with van der Waals surface area (Å²) in [4.78, 5) is 4.03. The number of sulfonamides is 1. The average Bonchev–Trinajstić information content (AvgIpc) is 2.92. The van der Waals surface area contributed by atoms with Crippen molar-refractivity contribution in [2.45, 2.75) is 11.3 Å². The van der Waals surface area contributed by atoms with Crippen molar-refractivity contribution < 1.29 is 8.42 Å². The minimum absolute atomic E-state index is 0.0826. The zero-order chi connectivity index (χ0) is 14.2.